The quantitative estimate of drug-likeness (QED) is 0.807. The van der Waals surface area contributed by atoms with Gasteiger partial charge in [0.15, 0.2) is 0 Å². The van der Waals surface area contributed by atoms with Gasteiger partial charge in [0, 0.05) is 17.8 Å². The molecular formula is C14H15NO2. The molecule has 88 valence electrons. The van der Waals surface area contributed by atoms with Crippen LogP contribution in [0.25, 0.3) is 0 Å². The SMILES string of the molecule is COc1cc(C)nc(OCc2ccccc2)c1. The van der Waals surface area contributed by atoms with E-state index >= 15 is 0 Å². The molecule has 3 nitrogen and oxygen atoms in total. The monoisotopic (exact) mass is 229 g/mol. The van der Waals surface area contributed by atoms with Crippen molar-refractivity contribution in [2.24, 2.45) is 0 Å². The van der Waals surface area contributed by atoms with Crippen molar-refractivity contribution in [2.45, 2.75) is 13.5 Å². The largest absolute Gasteiger partial charge is 0.496 e. The van der Waals surface area contributed by atoms with Crippen LogP contribution in [0.2, 0.25) is 0 Å². The fourth-order valence-electron chi connectivity index (χ4n) is 1.53. The van der Waals surface area contributed by atoms with E-state index in [0.29, 0.717) is 12.5 Å². The first kappa shape index (κ1) is 11.5. The second kappa shape index (κ2) is 5.34. The van der Waals surface area contributed by atoms with Crippen LogP contribution >= 0.6 is 0 Å². The van der Waals surface area contributed by atoms with Gasteiger partial charge in [0.1, 0.15) is 12.4 Å². The molecule has 0 aliphatic rings. The first-order valence-corrected chi connectivity index (χ1v) is 5.47. The molecule has 0 radical (unpaired) electrons. The highest BCUT2D eigenvalue weighted by atomic mass is 16.5. The molecule has 0 aliphatic heterocycles. The number of pyridine rings is 1. The molecular weight excluding hydrogens is 214 g/mol. The normalized spacial score (nSPS) is 10.0. The van der Waals surface area contributed by atoms with Crippen molar-refractivity contribution in [1.82, 2.24) is 4.98 Å². The van der Waals surface area contributed by atoms with Gasteiger partial charge in [-0.05, 0) is 12.5 Å². The number of ether oxygens (including phenoxy) is 2. The van der Waals surface area contributed by atoms with Gasteiger partial charge in [0.2, 0.25) is 5.88 Å². The van der Waals surface area contributed by atoms with Gasteiger partial charge >= 0.3 is 0 Å². The minimum atomic E-state index is 0.514. The maximum absolute atomic E-state index is 5.62. The van der Waals surface area contributed by atoms with E-state index in [-0.39, 0.29) is 0 Å². The summed E-state index contributed by atoms with van der Waals surface area (Å²) in [5.74, 6) is 1.35. The van der Waals surface area contributed by atoms with E-state index in [9.17, 15) is 0 Å². The van der Waals surface area contributed by atoms with Gasteiger partial charge < -0.3 is 9.47 Å². The average Bonchev–Trinajstić information content (AvgIpc) is 2.37. The van der Waals surface area contributed by atoms with Crippen molar-refractivity contribution in [1.29, 1.82) is 0 Å². The highest BCUT2D eigenvalue weighted by Gasteiger charge is 2.01. The fourth-order valence-corrected chi connectivity index (χ4v) is 1.53. The number of methoxy groups -OCH3 is 1. The number of aromatic nitrogens is 1. The second-order valence-electron chi connectivity index (χ2n) is 3.76. The summed E-state index contributed by atoms with van der Waals surface area (Å²) in [4.78, 5) is 4.29. The minimum absolute atomic E-state index is 0.514. The molecule has 1 aromatic carbocycles. The first-order chi connectivity index (χ1) is 8.28. The van der Waals surface area contributed by atoms with Crippen LogP contribution in [0, 0.1) is 6.92 Å². The van der Waals surface area contributed by atoms with Gasteiger partial charge in [-0.2, -0.15) is 0 Å². The molecule has 1 heterocycles. The predicted molar refractivity (Wildman–Crippen MR) is 66.3 cm³/mol. The zero-order chi connectivity index (χ0) is 12.1. The Labute approximate surface area is 101 Å². The molecule has 0 N–H and O–H groups in total. The van der Waals surface area contributed by atoms with Crippen LogP contribution in [0.4, 0.5) is 0 Å². The van der Waals surface area contributed by atoms with E-state index in [4.69, 9.17) is 9.47 Å². The second-order valence-corrected chi connectivity index (χ2v) is 3.76. The summed E-state index contributed by atoms with van der Waals surface area (Å²) in [6, 6.07) is 13.7. The lowest BCUT2D eigenvalue weighted by molar-refractivity contribution is 0.290. The molecule has 0 spiro atoms. The number of rotatable bonds is 4. The van der Waals surface area contributed by atoms with Gasteiger partial charge in [0.25, 0.3) is 0 Å². The summed E-state index contributed by atoms with van der Waals surface area (Å²) in [5.41, 5.74) is 2.00. The number of hydrogen-bond donors (Lipinski definition) is 0. The van der Waals surface area contributed by atoms with E-state index in [1.807, 2.05) is 43.3 Å². The topological polar surface area (TPSA) is 31.4 Å². The van der Waals surface area contributed by atoms with E-state index < -0.39 is 0 Å². The Balaban J connectivity index is 2.06. The van der Waals surface area contributed by atoms with Crippen molar-refractivity contribution in [3.05, 3.63) is 53.7 Å². The Hall–Kier alpha value is -2.03. The van der Waals surface area contributed by atoms with Crippen molar-refractivity contribution in [3.63, 3.8) is 0 Å². The van der Waals surface area contributed by atoms with Crippen LogP contribution in [0.3, 0.4) is 0 Å². The van der Waals surface area contributed by atoms with Crippen LogP contribution in [0.1, 0.15) is 11.3 Å². The number of nitrogens with zero attached hydrogens (tertiary/aromatic N) is 1. The number of hydrogen-bond acceptors (Lipinski definition) is 3. The Kier molecular flexibility index (Phi) is 3.60. The van der Waals surface area contributed by atoms with Gasteiger partial charge in [-0.1, -0.05) is 30.3 Å². The van der Waals surface area contributed by atoms with E-state index in [1.165, 1.54) is 0 Å². The van der Waals surface area contributed by atoms with Crippen LogP contribution in [0.15, 0.2) is 42.5 Å². The lowest BCUT2D eigenvalue weighted by Gasteiger charge is -2.08. The van der Waals surface area contributed by atoms with Gasteiger partial charge in [0.05, 0.1) is 7.11 Å². The Bertz CT molecular complexity index is 483. The predicted octanol–water partition coefficient (Wildman–Crippen LogP) is 2.98. The summed E-state index contributed by atoms with van der Waals surface area (Å²) in [7, 11) is 1.63. The molecule has 2 aromatic rings. The fraction of sp³-hybridized carbons (Fsp3) is 0.214. The highest BCUT2D eigenvalue weighted by Crippen LogP contribution is 2.19. The van der Waals surface area contributed by atoms with Crippen molar-refractivity contribution in [3.8, 4) is 11.6 Å². The van der Waals surface area contributed by atoms with Crippen LogP contribution in [0.5, 0.6) is 11.6 Å². The zero-order valence-electron chi connectivity index (χ0n) is 10.0. The summed E-state index contributed by atoms with van der Waals surface area (Å²) < 4.78 is 10.8. The highest BCUT2D eigenvalue weighted by molar-refractivity contribution is 5.30. The van der Waals surface area contributed by atoms with E-state index in [1.54, 1.807) is 13.2 Å². The summed E-state index contributed by atoms with van der Waals surface area (Å²) in [5, 5.41) is 0. The zero-order valence-corrected chi connectivity index (χ0v) is 10.0. The lowest BCUT2D eigenvalue weighted by atomic mass is 10.2. The summed E-state index contributed by atoms with van der Waals surface area (Å²) in [6.07, 6.45) is 0. The van der Waals surface area contributed by atoms with Crippen molar-refractivity contribution >= 4 is 0 Å². The molecule has 3 heteroatoms. The molecule has 0 amide bonds. The lowest BCUT2D eigenvalue weighted by Crippen LogP contribution is -1.98. The number of aryl methyl sites for hydroxylation is 1. The Morgan fingerprint density at radius 1 is 1.12 bits per heavy atom. The third-order valence-electron chi connectivity index (χ3n) is 2.37. The van der Waals surface area contributed by atoms with E-state index in [2.05, 4.69) is 4.98 Å². The van der Waals surface area contributed by atoms with Crippen molar-refractivity contribution < 1.29 is 9.47 Å². The molecule has 0 atom stereocenters. The molecule has 0 saturated heterocycles. The number of benzene rings is 1. The van der Waals surface area contributed by atoms with E-state index in [0.717, 1.165) is 17.0 Å². The standard InChI is InChI=1S/C14H15NO2/c1-11-8-13(16-2)9-14(15-11)17-10-12-6-4-3-5-7-12/h3-9H,10H2,1-2H3. The minimum Gasteiger partial charge on any atom is -0.496 e. The molecule has 0 fully saturated rings. The molecule has 17 heavy (non-hydrogen) atoms. The van der Waals surface area contributed by atoms with Gasteiger partial charge in [-0.3, -0.25) is 0 Å². The molecule has 0 saturated carbocycles. The van der Waals surface area contributed by atoms with Crippen LogP contribution in [-0.4, -0.2) is 12.1 Å². The first-order valence-electron chi connectivity index (χ1n) is 5.47. The molecule has 0 aliphatic carbocycles. The molecule has 0 bridgehead atoms. The molecule has 2 rings (SSSR count). The summed E-state index contributed by atoms with van der Waals surface area (Å²) >= 11 is 0. The third kappa shape index (κ3) is 3.21. The maximum atomic E-state index is 5.62. The maximum Gasteiger partial charge on any atom is 0.217 e. The summed E-state index contributed by atoms with van der Waals surface area (Å²) in [6.45, 7) is 2.43. The average molecular weight is 229 g/mol. The van der Waals surface area contributed by atoms with Crippen LogP contribution in [-0.2, 0) is 6.61 Å². The van der Waals surface area contributed by atoms with Crippen LogP contribution < -0.4 is 9.47 Å². The Morgan fingerprint density at radius 3 is 2.59 bits per heavy atom. The van der Waals surface area contributed by atoms with Gasteiger partial charge in [-0.15, -0.1) is 0 Å². The Morgan fingerprint density at radius 2 is 1.88 bits per heavy atom. The molecule has 1 aromatic heterocycles. The van der Waals surface area contributed by atoms with Crippen molar-refractivity contribution in [2.75, 3.05) is 7.11 Å². The molecule has 0 unspecified atom stereocenters. The van der Waals surface area contributed by atoms with Gasteiger partial charge in [-0.25, -0.2) is 4.98 Å². The third-order valence-corrected chi connectivity index (χ3v) is 2.37. The smallest absolute Gasteiger partial charge is 0.217 e.